The van der Waals surface area contributed by atoms with Crippen LogP contribution in [0.2, 0.25) is 0 Å². The Morgan fingerprint density at radius 2 is 2.33 bits per heavy atom. The minimum Gasteiger partial charge on any atom is -0.469 e. The molecule has 1 aliphatic rings. The van der Waals surface area contributed by atoms with Gasteiger partial charge in [0, 0.05) is 37.3 Å². The lowest BCUT2D eigenvalue weighted by molar-refractivity contribution is -0.133. The molecule has 0 spiro atoms. The highest BCUT2D eigenvalue weighted by atomic mass is 16.3. The number of nitrogens with zero attached hydrogens (tertiary/aromatic N) is 2. The third-order valence-corrected chi connectivity index (χ3v) is 3.79. The first-order chi connectivity index (χ1) is 10.3. The largest absolute Gasteiger partial charge is 0.469 e. The van der Waals surface area contributed by atoms with Crippen molar-refractivity contribution in [2.75, 3.05) is 13.2 Å². The summed E-state index contributed by atoms with van der Waals surface area (Å²) in [7, 11) is 0. The molecule has 5 nitrogen and oxygen atoms in total. The van der Waals surface area contributed by atoms with Crippen molar-refractivity contribution in [2.24, 2.45) is 5.92 Å². The number of rotatable bonds is 6. The van der Waals surface area contributed by atoms with Crippen LogP contribution >= 0.6 is 0 Å². The molecule has 0 aromatic carbocycles. The van der Waals surface area contributed by atoms with Crippen LogP contribution in [0.4, 0.5) is 0 Å². The van der Waals surface area contributed by atoms with Crippen molar-refractivity contribution in [3.05, 3.63) is 54.2 Å². The SMILES string of the molecule is O=C(C1CC1c1ccco1)N(CCO)Cc1cccnc1. The van der Waals surface area contributed by atoms with Crippen molar-refractivity contribution in [3.8, 4) is 0 Å². The average molecular weight is 286 g/mol. The van der Waals surface area contributed by atoms with Crippen LogP contribution < -0.4 is 0 Å². The summed E-state index contributed by atoms with van der Waals surface area (Å²) < 4.78 is 5.37. The summed E-state index contributed by atoms with van der Waals surface area (Å²) in [6.07, 6.45) is 5.90. The van der Waals surface area contributed by atoms with E-state index in [9.17, 15) is 9.90 Å². The molecule has 110 valence electrons. The molecule has 1 aliphatic carbocycles. The van der Waals surface area contributed by atoms with Crippen LogP contribution in [-0.4, -0.2) is 34.0 Å². The predicted molar refractivity (Wildman–Crippen MR) is 76.3 cm³/mol. The third-order valence-electron chi connectivity index (χ3n) is 3.79. The molecule has 0 aliphatic heterocycles. The van der Waals surface area contributed by atoms with E-state index in [-0.39, 0.29) is 24.3 Å². The van der Waals surface area contributed by atoms with Crippen LogP contribution in [-0.2, 0) is 11.3 Å². The Kier molecular flexibility index (Phi) is 4.01. The van der Waals surface area contributed by atoms with E-state index < -0.39 is 0 Å². The number of carbonyl (C=O) groups excluding carboxylic acids is 1. The number of furan rings is 1. The van der Waals surface area contributed by atoms with E-state index in [0.29, 0.717) is 13.1 Å². The van der Waals surface area contributed by atoms with Gasteiger partial charge in [0.2, 0.25) is 5.91 Å². The Morgan fingerprint density at radius 1 is 1.43 bits per heavy atom. The van der Waals surface area contributed by atoms with E-state index in [1.807, 2.05) is 24.3 Å². The van der Waals surface area contributed by atoms with Gasteiger partial charge in [-0.15, -0.1) is 0 Å². The van der Waals surface area contributed by atoms with Gasteiger partial charge in [-0.3, -0.25) is 9.78 Å². The Hall–Kier alpha value is -2.14. The first-order valence-electron chi connectivity index (χ1n) is 7.11. The van der Waals surface area contributed by atoms with Gasteiger partial charge < -0.3 is 14.4 Å². The van der Waals surface area contributed by atoms with Gasteiger partial charge in [-0.2, -0.15) is 0 Å². The molecule has 5 heteroatoms. The van der Waals surface area contributed by atoms with E-state index in [2.05, 4.69) is 4.98 Å². The molecule has 0 radical (unpaired) electrons. The molecule has 0 bridgehead atoms. The highest BCUT2D eigenvalue weighted by Gasteiger charge is 2.47. The summed E-state index contributed by atoms with van der Waals surface area (Å²) in [6, 6.07) is 7.53. The molecule has 3 rings (SSSR count). The summed E-state index contributed by atoms with van der Waals surface area (Å²) in [5, 5.41) is 9.19. The van der Waals surface area contributed by atoms with Crippen LogP contribution in [0.15, 0.2) is 47.3 Å². The van der Waals surface area contributed by atoms with Crippen LogP contribution in [0.5, 0.6) is 0 Å². The van der Waals surface area contributed by atoms with Crippen LogP contribution in [0.3, 0.4) is 0 Å². The first-order valence-corrected chi connectivity index (χ1v) is 7.11. The summed E-state index contributed by atoms with van der Waals surface area (Å²) in [6.45, 7) is 0.786. The van der Waals surface area contributed by atoms with Gasteiger partial charge in [0.25, 0.3) is 0 Å². The molecule has 2 heterocycles. The number of aromatic nitrogens is 1. The van der Waals surface area contributed by atoms with Gasteiger partial charge in [0.05, 0.1) is 12.9 Å². The molecule has 21 heavy (non-hydrogen) atoms. The van der Waals surface area contributed by atoms with Crippen LogP contribution in [0.25, 0.3) is 0 Å². The Balaban J connectivity index is 1.66. The minimum atomic E-state index is -0.0376. The van der Waals surface area contributed by atoms with Gasteiger partial charge in [-0.05, 0) is 30.2 Å². The van der Waals surface area contributed by atoms with Gasteiger partial charge in [0.1, 0.15) is 5.76 Å². The van der Waals surface area contributed by atoms with Gasteiger partial charge >= 0.3 is 0 Å². The highest BCUT2D eigenvalue weighted by Crippen LogP contribution is 2.48. The van der Waals surface area contributed by atoms with Gasteiger partial charge in [0.15, 0.2) is 0 Å². The second-order valence-electron chi connectivity index (χ2n) is 5.31. The van der Waals surface area contributed by atoms with Crippen molar-refractivity contribution < 1.29 is 14.3 Å². The van der Waals surface area contributed by atoms with Gasteiger partial charge in [-0.1, -0.05) is 6.07 Å². The number of hydrogen-bond acceptors (Lipinski definition) is 4. The second kappa shape index (κ2) is 6.10. The quantitative estimate of drug-likeness (QED) is 0.879. The summed E-state index contributed by atoms with van der Waals surface area (Å²) >= 11 is 0. The van der Waals surface area contributed by atoms with Crippen LogP contribution in [0, 0.1) is 5.92 Å². The molecule has 2 aromatic rings. The smallest absolute Gasteiger partial charge is 0.226 e. The van der Waals surface area contributed by atoms with Gasteiger partial charge in [-0.25, -0.2) is 0 Å². The number of pyridine rings is 1. The lowest BCUT2D eigenvalue weighted by Gasteiger charge is -2.22. The Labute approximate surface area is 123 Å². The normalized spacial score (nSPS) is 20.2. The average Bonchev–Trinajstić information content (AvgIpc) is 3.12. The van der Waals surface area contributed by atoms with Crippen molar-refractivity contribution in [1.82, 2.24) is 9.88 Å². The first kappa shape index (κ1) is 13.8. The summed E-state index contributed by atoms with van der Waals surface area (Å²) in [5.74, 6) is 1.11. The molecule has 1 N–H and O–H groups in total. The maximum absolute atomic E-state index is 12.6. The maximum atomic E-state index is 12.6. The highest BCUT2D eigenvalue weighted by molar-refractivity contribution is 5.82. The third kappa shape index (κ3) is 3.13. The Bertz CT molecular complexity index is 583. The van der Waals surface area contributed by atoms with E-state index in [1.54, 1.807) is 23.6 Å². The fraction of sp³-hybridized carbons (Fsp3) is 0.375. The molecule has 1 fully saturated rings. The van der Waals surface area contributed by atoms with Crippen molar-refractivity contribution in [3.63, 3.8) is 0 Å². The van der Waals surface area contributed by atoms with Crippen molar-refractivity contribution in [1.29, 1.82) is 0 Å². The van der Waals surface area contributed by atoms with Crippen molar-refractivity contribution >= 4 is 5.91 Å². The molecule has 2 aromatic heterocycles. The van der Waals surface area contributed by atoms with Crippen LogP contribution in [0.1, 0.15) is 23.7 Å². The molecular weight excluding hydrogens is 268 g/mol. The monoisotopic (exact) mass is 286 g/mol. The zero-order valence-electron chi connectivity index (χ0n) is 11.7. The number of aliphatic hydroxyl groups excluding tert-OH is 1. The van der Waals surface area contributed by atoms with E-state index in [1.165, 1.54) is 0 Å². The molecule has 1 amide bonds. The Morgan fingerprint density at radius 3 is 3.00 bits per heavy atom. The summed E-state index contributed by atoms with van der Waals surface area (Å²) in [4.78, 5) is 18.3. The number of hydrogen-bond donors (Lipinski definition) is 1. The summed E-state index contributed by atoms with van der Waals surface area (Å²) in [5.41, 5.74) is 0.967. The fourth-order valence-corrected chi connectivity index (χ4v) is 2.62. The number of carbonyl (C=O) groups is 1. The second-order valence-corrected chi connectivity index (χ2v) is 5.31. The maximum Gasteiger partial charge on any atom is 0.226 e. The molecule has 2 atom stereocenters. The van der Waals surface area contributed by atoms with E-state index in [0.717, 1.165) is 17.7 Å². The van der Waals surface area contributed by atoms with E-state index in [4.69, 9.17) is 4.42 Å². The lowest BCUT2D eigenvalue weighted by atomic mass is 10.2. The predicted octanol–water partition coefficient (Wildman–Crippen LogP) is 1.80. The zero-order chi connectivity index (χ0) is 14.7. The topological polar surface area (TPSA) is 66.6 Å². The number of aliphatic hydroxyl groups is 1. The molecule has 2 unspecified atom stereocenters. The van der Waals surface area contributed by atoms with Crippen molar-refractivity contribution in [2.45, 2.75) is 18.9 Å². The lowest BCUT2D eigenvalue weighted by Crippen LogP contribution is -2.34. The van der Waals surface area contributed by atoms with E-state index >= 15 is 0 Å². The number of amides is 1. The minimum absolute atomic E-state index is 0.0284. The standard InChI is InChI=1S/C16H18N2O3/c19-7-6-18(11-12-3-1-5-17-10-12)16(20)14-9-13(14)15-4-2-8-21-15/h1-5,8,10,13-14,19H,6-7,9,11H2. The molecular formula is C16H18N2O3. The zero-order valence-corrected chi connectivity index (χ0v) is 11.7. The molecule has 1 saturated carbocycles. The molecule has 0 saturated heterocycles. The fourth-order valence-electron chi connectivity index (χ4n) is 2.62.